The molecule has 0 bridgehead atoms. The van der Waals surface area contributed by atoms with Crippen LogP contribution in [-0.2, 0) is 15.9 Å². The average Bonchev–Trinajstić information content (AvgIpc) is 2.80. The van der Waals surface area contributed by atoms with Crippen molar-refractivity contribution in [2.45, 2.75) is 25.0 Å². The summed E-state index contributed by atoms with van der Waals surface area (Å²) in [6.07, 6.45) is 5.55. The van der Waals surface area contributed by atoms with Crippen LogP contribution in [0, 0.1) is 0 Å². The van der Waals surface area contributed by atoms with E-state index in [1.807, 2.05) is 12.1 Å². The first-order valence-corrected chi connectivity index (χ1v) is 7.44. The molecule has 2 nitrogen and oxygen atoms in total. The molecule has 2 heteroatoms. The lowest BCUT2D eigenvalue weighted by molar-refractivity contribution is -0.104. The number of hydrogen-bond donors (Lipinski definition) is 0. The van der Waals surface area contributed by atoms with Crippen molar-refractivity contribution < 1.29 is 9.47 Å². The van der Waals surface area contributed by atoms with Gasteiger partial charge in [-0.3, -0.25) is 0 Å². The van der Waals surface area contributed by atoms with Crippen molar-refractivity contribution in [1.82, 2.24) is 0 Å². The molecule has 2 aromatic carbocycles. The molecule has 21 heavy (non-hydrogen) atoms. The van der Waals surface area contributed by atoms with Crippen molar-refractivity contribution in [1.29, 1.82) is 0 Å². The molecule has 2 atom stereocenters. The van der Waals surface area contributed by atoms with E-state index in [0.717, 1.165) is 12.8 Å². The maximum atomic E-state index is 5.91. The third-order valence-corrected chi connectivity index (χ3v) is 3.74. The van der Waals surface area contributed by atoms with E-state index >= 15 is 0 Å². The van der Waals surface area contributed by atoms with Crippen molar-refractivity contribution in [3.8, 4) is 0 Å². The van der Waals surface area contributed by atoms with Gasteiger partial charge in [-0.1, -0.05) is 60.7 Å². The molecule has 1 heterocycles. The Hall–Kier alpha value is -2.06. The Labute approximate surface area is 126 Å². The summed E-state index contributed by atoms with van der Waals surface area (Å²) >= 11 is 0. The molecule has 0 fully saturated rings. The Morgan fingerprint density at radius 3 is 2.38 bits per heavy atom. The second kappa shape index (κ2) is 7.09. The standard InChI is InChI=1S/C19H20O2/c1-3-7-16(8-4-1)11-12-19-20-14-13-18(15-21-19)17-9-5-2-6-10-17/h1-10,13-14,18-19H,11-12,15H2. The molecule has 0 N–H and O–H groups in total. The fraction of sp³-hybridized carbons (Fsp3) is 0.263. The van der Waals surface area contributed by atoms with Crippen molar-refractivity contribution in [3.63, 3.8) is 0 Å². The van der Waals surface area contributed by atoms with Crippen LogP contribution in [0.1, 0.15) is 23.5 Å². The van der Waals surface area contributed by atoms with Gasteiger partial charge in [-0.05, 0) is 23.6 Å². The number of hydrogen-bond acceptors (Lipinski definition) is 2. The SMILES string of the molecule is C1=CC(c2ccccc2)COC(CCc2ccccc2)O1. The van der Waals surface area contributed by atoms with Crippen LogP contribution in [0.15, 0.2) is 73.0 Å². The third kappa shape index (κ3) is 3.96. The van der Waals surface area contributed by atoms with E-state index in [2.05, 4.69) is 54.6 Å². The summed E-state index contributed by atoms with van der Waals surface area (Å²) in [5.74, 6) is 0.271. The maximum absolute atomic E-state index is 5.91. The molecule has 0 radical (unpaired) electrons. The van der Waals surface area contributed by atoms with E-state index in [9.17, 15) is 0 Å². The zero-order chi connectivity index (χ0) is 14.3. The Balaban J connectivity index is 1.54. The molecule has 0 aliphatic carbocycles. The Morgan fingerprint density at radius 2 is 1.62 bits per heavy atom. The molecule has 3 rings (SSSR count). The van der Waals surface area contributed by atoms with Crippen LogP contribution in [0.25, 0.3) is 0 Å². The van der Waals surface area contributed by atoms with Crippen LogP contribution < -0.4 is 0 Å². The molecule has 1 aliphatic rings. The monoisotopic (exact) mass is 280 g/mol. The number of benzene rings is 2. The molecule has 0 spiro atoms. The summed E-state index contributed by atoms with van der Waals surface area (Å²) in [6, 6.07) is 20.8. The highest BCUT2D eigenvalue weighted by Gasteiger charge is 2.17. The molecule has 0 saturated heterocycles. The van der Waals surface area contributed by atoms with E-state index in [1.54, 1.807) is 6.26 Å². The highest BCUT2D eigenvalue weighted by Crippen LogP contribution is 2.22. The maximum Gasteiger partial charge on any atom is 0.199 e. The van der Waals surface area contributed by atoms with Gasteiger partial charge in [0.05, 0.1) is 12.9 Å². The first-order chi connectivity index (χ1) is 10.4. The molecule has 2 aromatic rings. The number of ether oxygens (including phenoxy) is 2. The summed E-state index contributed by atoms with van der Waals surface area (Å²) in [4.78, 5) is 0. The van der Waals surface area contributed by atoms with Crippen LogP contribution in [-0.4, -0.2) is 12.9 Å². The van der Waals surface area contributed by atoms with Gasteiger partial charge in [-0.25, -0.2) is 0 Å². The van der Waals surface area contributed by atoms with Crippen LogP contribution in [0.4, 0.5) is 0 Å². The lowest BCUT2D eigenvalue weighted by atomic mass is 10.0. The van der Waals surface area contributed by atoms with Crippen LogP contribution in [0.5, 0.6) is 0 Å². The first kappa shape index (κ1) is 13.9. The quantitative estimate of drug-likeness (QED) is 0.831. The van der Waals surface area contributed by atoms with E-state index in [-0.39, 0.29) is 12.2 Å². The first-order valence-electron chi connectivity index (χ1n) is 7.44. The van der Waals surface area contributed by atoms with Crippen LogP contribution in [0.2, 0.25) is 0 Å². The van der Waals surface area contributed by atoms with Gasteiger partial charge in [0.15, 0.2) is 6.29 Å². The summed E-state index contributed by atoms with van der Waals surface area (Å²) < 4.78 is 11.6. The van der Waals surface area contributed by atoms with Gasteiger partial charge in [-0.15, -0.1) is 0 Å². The lowest BCUT2D eigenvalue weighted by Crippen LogP contribution is -2.17. The van der Waals surface area contributed by atoms with Gasteiger partial charge < -0.3 is 9.47 Å². The third-order valence-electron chi connectivity index (χ3n) is 3.74. The predicted molar refractivity (Wildman–Crippen MR) is 83.9 cm³/mol. The highest BCUT2D eigenvalue weighted by molar-refractivity contribution is 5.23. The van der Waals surface area contributed by atoms with E-state index in [1.165, 1.54) is 11.1 Å². The Kier molecular flexibility index (Phi) is 4.70. The van der Waals surface area contributed by atoms with Gasteiger partial charge in [0.1, 0.15) is 0 Å². The molecular weight excluding hydrogens is 260 g/mol. The molecule has 1 aliphatic heterocycles. The smallest absolute Gasteiger partial charge is 0.199 e. The summed E-state index contributed by atoms with van der Waals surface area (Å²) in [5, 5.41) is 0. The van der Waals surface area contributed by atoms with Gasteiger partial charge >= 0.3 is 0 Å². The molecule has 0 aromatic heterocycles. The zero-order valence-corrected chi connectivity index (χ0v) is 12.0. The Morgan fingerprint density at radius 1 is 0.905 bits per heavy atom. The van der Waals surface area contributed by atoms with Crippen molar-refractivity contribution in [2.75, 3.05) is 6.61 Å². The van der Waals surface area contributed by atoms with Crippen molar-refractivity contribution in [2.24, 2.45) is 0 Å². The minimum atomic E-state index is -0.157. The number of aryl methyl sites for hydroxylation is 1. The van der Waals surface area contributed by atoms with E-state index in [0.29, 0.717) is 6.61 Å². The fourth-order valence-electron chi connectivity index (χ4n) is 2.52. The second-order valence-electron chi connectivity index (χ2n) is 5.27. The van der Waals surface area contributed by atoms with Gasteiger partial charge in [0, 0.05) is 12.3 Å². The van der Waals surface area contributed by atoms with Gasteiger partial charge in [-0.2, -0.15) is 0 Å². The van der Waals surface area contributed by atoms with Gasteiger partial charge in [0.25, 0.3) is 0 Å². The summed E-state index contributed by atoms with van der Waals surface area (Å²) in [7, 11) is 0. The molecule has 0 amide bonds. The number of rotatable bonds is 4. The van der Waals surface area contributed by atoms with Gasteiger partial charge in [0.2, 0.25) is 0 Å². The minimum absolute atomic E-state index is 0.157. The average molecular weight is 280 g/mol. The molecule has 0 saturated carbocycles. The summed E-state index contributed by atoms with van der Waals surface area (Å²) in [5.41, 5.74) is 2.58. The lowest BCUT2D eigenvalue weighted by Gasteiger charge is -2.17. The Bertz CT molecular complexity index is 563. The zero-order valence-electron chi connectivity index (χ0n) is 12.0. The largest absolute Gasteiger partial charge is 0.473 e. The van der Waals surface area contributed by atoms with Crippen LogP contribution in [0.3, 0.4) is 0 Å². The fourth-order valence-corrected chi connectivity index (χ4v) is 2.52. The summed E-state index contributed by atoms with van der Waals surface area (Å²) in [6.45, 7) is 0.667. The van der Waals surface area contributed by atoms with Crippen molar-refractivity contribution >= 4 is 0 Å². The molecule has 108 valence electrons. The minimum Gasteiger partial charge on any atom is -0.473 e. The second-order valence-corrected chi connectivity index (χ2v) is 5.27. The normalized spacial score (nSPS) is 21.5. The molecule has 2 unspecified atom stereocenters. The van der Waals surface area contributed by atoms with Crippen LogP contribution >= 0.6 is 0 Å². The predicted octanol–water partition coefficient (Wildman–Crippen LogP) is 4.29. The van der Waals surface area contributed by atoms with E-state index < -0.39 is 0 Å². The highest BCUT2D eigenvalue weighted by atomic mass is 16.7. The van der Waals surface area contributed by atoms with E-state index in [4.69, 9.17) is 9.47 Å². The topological polar surface area (TPSA) is 18.5 Å². The molecular formula is C19H20O2. The van der Waals surface area contributed by atoms with Crippen molar-refractivity contribution in [3.05, 3.63) is 84.1 Å².